The van der Waals surface area contributed by atoms with Gasteiger partial charge in [0.05, 0.1) is 0 Å². The lowest BCUT2D eigenvalue weighted by molar-refractivity contribution is -0.124. The van der Waals surface area contributed by atoms with Crippen molar-refractivity contribution in [3.63, 3.8) is 0 Å². The third-order valence-corrected chi connectivity index (χ3v) is 4.23. The van der Waals surface area contributed by atoms with Crippen LogP contribution in [-0.2, 0) is 4.79 Å². The summed E-state index contributed by atoms with van der Waals surface area (Å²) in [5.41, 5.74) is 1.11. The van der Waals surface area contributed by atoms with E-state index in [1.165, 1.54) is 12.1 Å². The number of fused-ring (bicyclic) bond motifs is 1. The fourth-order valence-electron chi connectivity index (χ4n) is 3.19. The van der Waals surface area contributed by atoms with Gasteiger partial charge in [0.15, 0.2) is 0 Å². The Morgan fingerprint density at radius 2 is 2.15 bits per heavy atom. The van der Waals surface area contributed by atoms with Crippen LogP contribution >= 0.6 is 0 Å². The summed E-state index contributed by atoms with van der Waals surface area (Å²) in [4.78, 5) is 24.3. The van der Waals surface area contributed by atoms with Gasteiger partial charge in [0, 0.05) is 36.8 Å². The van der Waals surface area contributed by atoms with Crippen molar-refractivity contribution in [1.82, 2.24) is 5.32 Å². The van der Waals surface area contributed by atoms with Crippen molar-refractivity contribution >= 4 is 17.9 Å². The monoisotopic (exact) mass is 276 g/mol. The number of benzene rings is 1. The zero-order chi connectivity index (χ0) is 14.1. The molecule has 2 aliphatic rings. The summed E-state index contributed by atoms with van der Waals surface area (Å²) in [6.07, 6.45) is 2.98. The molecule has 3 rings (SSSR count). The standard InChI is InChI=1S/C15H17FN2O2/c16-12-5-10(9-19)6-13(7-12)18-4-3-14-11(8-18)1-2-15(20)17-14/h5-7,9,11,14H,1-4,8H2,(H,17,20). The van der Waals surface area contributed by atoms with E-state index in [0.717, 1.165) is 31.6 Å². The van der Waals surface area contributed by atoms with Gasteiger partial charge in [-0.05, 0) is 37.0 Å². The highest BCUT2D eigenvalue weighted by molar-refractivity contribution is 5.78. The molecule has 1 aromatic carbocycles. The largest absolute Gasteiger partial charge is 0.371 e. The van der Waals surface area contributed by atoms with E-state index in [1.54, 1.807) is 6.07 Å². The Kier molecular flexibility index (Phi) is 3.42. The first kappa shape index (κ1) is 13.1. The Morgan fingerprint density at radius 3 is 2.95 bits per heavy atom. The molecular formula is C15H17FN2O2. The van der Waals surface area contributed by atoms with Gasteiger partial charge in [-0.25, -0.2) is 4.39 Å². The summed E-state index contributed by atoms with van der Waals surface area (Å²) in [5.74, 6) is 0.154. The highest BCUT2D eigenvalue weighted by Crippen LogP contribution is 2.29. The number of piperidine rings is 2. The van der Waals surface area contributed by atoms with Gasteiger partial charge in [-0.2, -0.15) is 0 Å². The molecule has 2 saturated heterocycles. The number of hydrogen-bond donors (Lipinski definition) is 1. The summed E-state index contributed by atoms with van der Waals surface area (Å²) in [6.45, 7) is 1.57. The van der Waals surface area contributed by atoms with E-state index in [2.05, 4.69) is 10.2 Å². The number of amides is 1. The number of anilines is 1. The van der Waals surface area contributed by atoms with Crippen molar-refractivity contribution in [1.29, 1.82) is 0 Å². The highest BCUT2D eigenvalue weighted by Gasteiger charge is 2.33. The summed E-state index contributed by atoms with van der Waals surface area (Å²) >= 11 is 0. The second-order valence-corrected chi connectivity index (χ2v) is 5.57. The maximum atomic E-state index is 13.5. The Labute approximate surface area is 117 Å². The molecule has 1 amide bonds. The van der Waals surface area contributed by atoms with E-state index < -0.39 is 0 Å². The van der Waals surface area contributed by atoms with Crippen LogP contribution in [0.1, 0.15) is 29.6 Å². The van der Waals surface area contributed by atoms with E-state index in [-0.39, 0.29) is 17.8 Å². The Bertz CT molecular complexity index is 547. The maximum absolute atomic E-state index is 13.5. The molecule has 0 bridgehead atoms. The van der Waals surface area contributed by atoms with Crippen LogP contribution in [0.15, 0.2) is 18.2 Å². The molecule has 0 aliphatic carbocycles. The summed E-state index contributed by atoms with van der Waals surface area (Å²) in [5, 5.41) is 3.03. The maximum Gasteiger partial charge on any atom is 0.220 e. The van der Waals surface area contributed by atoms with Gasteiger partial charge in [0.2, 0.25) is 5.91 Å². The molecule has 2 heterocycles. The minimum absolute atomic E-state index is 0.133. The van der Waals surface area contributed by atoms with Crippen LogP contribution in [0, 0.1) is 11.7 Å². The van der Waals surface area contributed by atoms with Crippen LogP contribution in [0.25, 0.3) is 0 Å². The molecule has 0 aromatic heterocycles. The molecule has 2 atom stereocenters. The Morgan fingerprint density at radius 1 is 1.30 bits per heavy atom. The first-order valence-electron chi connectivity index (χ1n) is 6.96. The van der Waals surface area contributed by atoms with Crippen LogP contribution in [-0.4, -0.2) is 31.3 Å². The highest BCUT2D eigenvalue weighted by atomic mass is 19.1. The van der Waals surface area contributed by atoms with E-state index in [9.17, 15) is 14.0 Å². The van der Waals surface area contributed by atoms with Crippen LogP contribution in [0.4, 0.5) is 10.1 Å². The number of halogens is 1. The molecule has 0 saturated carbocycles. The smallest absolute Gasteiger partial charge is 0.220 e. The van der Waals surface area contributed by atoms with Crippen molar-refractivity contribution in [3.8, 4) is 0 Å². The topological polar surface area (TPSA) is 49.4 Å². The van der Waals surface area contributed by atoms with Gasteiger partial charge in [-0.15, -0.1) is 0 Å². The first-order chi connectivity index (χ1) is 9.65. The quantitative estimate of drug-likeness (QED) is 0.837. The molecule has 20 heavy (non-hydrogen) atoms. The lowest BCUT2D eigenvalue weighted by atomic mass is 9.85. The van der Waals surface area contributed by atoms with Gasteiger partial charge in [-0.1, -0.05) is 0 Å². The average Bonchev–Trinajstić information content (AvgIpc) is 2.46. The number of nitrogens with one attached hydrogen (secondary N) is 1. The van der Waals surface area contributed by atoms with Crippen LogP contribution in [0.3, 0.4) is 0 Å². The van der Waals surface area contributed by atoms with Crippen molar-refractivity contribution in [2.75, 3.05) is 18.0 Å². The van der Waals surface area contributed by atoms with Crippen molar-refractivity contribution < 1.29 is 14.0 Å². The molecule has 4 nitrogen and oxygen atoms in total. The number of hydrogen-bond acceptors (Lipinski definition) is 3. The minimum Gasteiger partial charge on any atom is -0.371 e. The van der Waals surface area contributed by atoms with E-state index in [4.69, 9.17) is 0 Å². The molecule has 0 radical (unpaired) electrons. The van der Waals surface area contributed by atoms with Gasteiger partial charge in [0.1, 0.15) is 12.1 Å². The second kappa shape index (κ2) is 5.23. The third-order valence-electron chi connectivity index (χ3n) is 4.23. The van der Waals surface area contributed by atoms with Crippen molar-refractivity contribution in [3.05, 3.63) is 29.6 Å². The predicted octanol–water partition coefficient (Wildman–Crippen LogP) is 1.74. The molecular weight excluding hydrogens is 259 g/mol. The van der Waals surface area contributed by atoms with Gasteiger partial charge in [0.25, 0.3) is 0 Å². The van der Waals surface area contributed by atoms with E-state index in [0.29, 0.717) is 24.2 Å². The fourth-order valence-corrected chi connectivity index (χ4v) is 3.19. The third kappa shape index (κ3) is 2.53. The van der Waals surface area contributed by atoms with Crippen LogP contribution in [0.5, 0.6) is 0 Å². The molecule has 2 unspecified atom stereocenters. The van der Waals surface area contributed by atoms with Gasteiger partial charge in [-0.3, -0.25) is 9.59 Å². The number of carbonyl (C=O) groups excluding carboxylic acids is 2. The molecule has 5 heteroatoms. The number of rotatable bonds is 2. The van der Waals surface area contributed by atoms with Crippen LogP contribution in [0.2, 0.25) is 0 Å². The number of carbonyl (C=O) groups is 2. The van der Waals surface area contributed by atoms with Gasteiger partial charge >= 0.3 is 0 Å². The molecule has 2 aliphatic heterocycles. The zero-order valence-corrected chi connectivity index (χ0v) is 11.1. The number of aldehydes is 1. The normalized spacial score (nSPS) is 25.9. The van der Waals surface area contributed by atoms with E-state index in [1.807, 2.05) is 0 Å². The Hall–Kier alpha value is -1.91. The van der Waals surface area contributed by atoms with Gasteiger partial charge < -0.3 is 10.2 Å². The average molecular weight is 276 g/mol. The summed E-state index contributed by atoms with van der Waals surface area (Å²) in [7, 11) is 0. The molecule has 0 spiro atoms. The molecule has 106 valence electrons. The lowest BCUT2D eigenvalue weighted by Crippen LogP contribution is -2.54. The zero-order valence-electron chi connectivity index (χ0n) is 11.1. The summed E-state index contributed by atoms with van der Waals surface area (Å²) in [6, 6.07) is 4.67. The van der Waals surface area contributed by atoms with Crippen LogP contribution < -0.4 is 10.2 Å². The predicted molar refractivity (Wildman–Crippen MR) is 73.3 cm³/mol. The number of nitrogens with zero attached hydrogens (tertiary/aromatic N) is 1. The van der Waals surface area contributed by atoms with Crippen molar-refractivity contribution in [2.24, 2.45) is 5.92 Å². The molecule has 1 N–H and O–H groups in total. The minimum atomic E-state index is -0.385. The van der Waals surface area contributed by atoms with E-state index >= 15 is 0 Å². The second-order valence-electron chi connectivity index (χ2n) is 5.57. The fraction of sp³-hybridized carbons (Fsp3) is 0.467. The first-order valence-corrected chi connectivity index (χ1v) is 6.96. The molecule has 2 fully saturated rings. The van der Waals surface area contributed by atoms with Crippen molar-refractivity contribution in [2.45, 2.75) is 25.3 Å². The lowest BCUT2D eigenvalue weighted by Gasteiger charge is -2.42. The Balaban J connectivity index is 1.77. The molecule has 1 aromatic rings. The summed E-state index contributed by atoms with van der Waals surface area (Å²) < 4.78 is 13.5. The SMILES string of the molecule is O=Cc1cc(F)cc(N2CCC3NC(=O)CCC3C2)c1.